The van der Waals surface area contributed by atoms with Crippen molar-refractivity contribution in [3.05, 3.63) is 53.6 Å². The van der Waals surface area contributed by atoms with Crippen LogP contribution in [0.2, 0.25) is 0 Å². The van der Waals surface area contributed by atoms with Gasteiger partial charge in [0, 0.05) is 31.0 Å². The van der Waals surface area contributed by atoms with Crippen LogP contribution in [0, 0.1) is 18.2 Å². The first-order valence-corrected chi connectivity index (χ1v) is 7.04. The van der Waals surface area contributed by atoms with Gasteiger partial charge in [-0.05, 0) is 13.0 Å². The fourth-order valence-corrected chi connectivity index (χ4v) is 2.20. The van der Waals surface area contributed by atoms with Gasteiger partial charge in [0.05, 0.1) is 6.20 Å². The number of hydrogen-bond acceptors (Lipinski definition) is 3. The van der Waals surface area contributed by atoms with E-state index >= 15 is 0 Å². The Morgan fingerprint density at radius 3 is 2.91 bits per heavy atom. The summed E-state index contributed by atoms with van der Waals surface area (Å²) in [6.07, 6.45) is 8.57. The smallest absolute Gasteiger partial charge is 0.256 e. The van der Waals surface area contributed by atoms with Crippen molar-refractivity contribution in [2.45, 2.75) is 25.6 Å². The third-order valence-corrected chi connectivity index (χ3v) is 3.62. The Morgan fingerprint density at radius 1 is 1.52 bits per heavy atom. The summed E-state index contributed by atoms with van der Waals surface area (Å²) in [5, 5.41) is 6.81. The molecule has 0 saturated heterocycles. The minimum Gasteiger partial charge on any atom is -0.364 e. The number of amides is 1. The number of benzene rings is 1. The van der Waals surface area contributed by atoms with Crippen LogP contribution in [0.25, 0.3) is 0 Å². The quantitative estimate of drug-likeness (QED) is 0.828. The molecule has 0 fully saturated rings. The third kappa shape index (κ3) is 3.58. The van der Waals surface area contributed by atoms with Gasteiger partial charge in [-0.3, -0.25) is 9.48 Å². The molecular formula is C17H18FN3O2. The largest absolute Gasteiger partial charge is 0.364 e. The molecule has 2 aromatic rings. The van der Waals surface area contributed by atoms with Crippen LogP contribution in [0.3, 0.4) is 0 Å². The molecule has 1 atom stereocenters. The van der Waals surface area contributed by atoms with E-state index in [9.17, 15) is 9.18 Å². The Morgan fingerprint density at radius 2 is 2.26 bits per heavy atom. The van der Waals surface area contributed by atoms with E-state index in [0.29, 0.717) is 6.54 Å². The Bertz CT molecular complexity index is 735. The van der Waals surface area contributed by atoms with Gasteiger partial charge in [0.25, 0.3) is 5.91 Å². The van der Waals surface area contributed by atoms with Crippen molar-refractivity contribution in [1.82, 2.24) is 15.1 Å². The molecule has 0 aliphatic carbocycles. The number of ether oxygens (including phenoxy) is 1. The van der Waals surface area contributed by atoms with Gasteiger partial charge in [-0.2, -0.15) is 5.10 Å². The molecule has 0 saturated carbocycles. The monoisotopic (exact) mass is 315 g/mol. The lowest BCUT2D eigenvalue weighted by Crippen LogP contribution is -2.44. The summed E-state index contributed by atoms with van der Waals surface area (Å²) < 4.78 is 20.9. The van der Waals surface area contributed by atoms with Crippen molar-refractivity contribution in [3.8, 4) is 12.3 Å². The SMILES string of the molecule is C#CCn1cc(CNC(=O)[C@](C)(OC)c2ccccc2F)cn1. The standard InChI is InChI=1S/C17H18FN3O2/c1-4-9-21-12-13(11-20-21)10-19-16(22)17(2,23-3)14-7-5-6-8-15(14)18/h1,5-8,11-12H,9-10H2,2-3H3,(H,19,22)/t17-/m1/s1. The lowest BCUT2D eigenvalue weighted by molar-refractivity contribution is -0.143. The number of hydrogen-bond donors (Lipinski definition) is 1. The zero-order chi connectivity index (χ0) is 16.9. The van der Waals surface area contributed by atoms with Crippen LogP contribution >= 0.6 is 0 Å². The minimum absolute atomic E-state index is 0.183. The molecule has 5 nitrogen and oxygen atoms in total. The average molecular weight is 315 g/mol. The molecule has 0 aliphatic heterocycles. The summed E-state index contributed by atoms with van der Waals surface area (Å²) in [7, 11) is 1.37. The van der Waals surface area contributed by atoms with Crippen molar-refractivity contribution in [2.24, 2.45) is 0 Å². The summed E-state index contributed by atoms with van der Waals surface area (Å²) in [6, 6.07) is 6.05. The van der Waals surface area contributed by atoms with E-state index in [-0.39, 0.29) is 12.1 Å². The van der Waals surface area contributed by atoms with E-state index in [1.165, 1.54) is 26.2 Å². The van der Waals surface area contributed by atoms with E-state index in [1.54, 1.807) is 29.2 Å². The van der Waals surface area contributed by atoms with Crippen molar-refractivity contribution in [3.63, 3.8) is 0 Å². The molecule has 1 heterocycles. The number of nitrogens with zero attached hydrogens (tertiary/aromatic N) is 2. The fourth-order valence-electron chi connectivity index (χ4n) is 2.20. The molecule has 0 unspecified atom stereocenters. The number of methoxy groups -OCH3 is 1. The number of carbonyl (C=O) groups excluding carboxylic acids is 1. The normalized spacial score (nSPS) is 13.1. The highest BCUT2D eigenvalue weighted by atomic mass is 19.1. The van der Waals surface area contributed by atoms with E-state index in [0.717, 1.165) is 5.56 Å². The first-order valence-electron chi connectivity index (χ1n) is 7.04. The van der Waals surface area contributed by atoms with E-state index < -0.39 is 17.3 Å². The molecule has 2 rings (SSSR count). The van der Waals surface area contributed by atoms with Crippen LogP contribution in [-0.4, -0.2) is 22.8 Å². The van der Waals surface area contributed by atoms with Gasteiger partial charge in [-0.15, -0.1) is 6.42 Å². The van der Waals surface area contributed by atoms with Crippen molar-refractivity contribution >= 4 is 5.91 Å². The summed E-state index contributed by atoms with van der Waals surface area (Å²) >= 11 is 0. The second-order valence-corrected chi connectivity index (χ2v) is 5.15. The minimum atomic E-state index is -1.42. The van der Waals surface area contributed by atoms with E-state index in [4.69, 9.17) is 11.2 Å². The molecule has 6 heteroatoms. The third-order valence-electron chi connectivity index (χ3n) is 3.62. The summed E-state index contributed by atoms with van der Waals surface area (Å²) in [6.45, 7) is 2.14. The molecule has 0 radical (unpaired) electrons. The average Bonchev–Trinajstić information content (AvgIpc) is 3.00. The van der Waals surface area contributed by atoms with Gasteiger partial charge < -0.3 is 10.1 Å². The molecule has 120 valence electrons. The molecule has 1 aromatic heterocycles. The summed E-state index contributed by atoms with van der Waals surface area (Å²) in [5.41, 5.74) is -0.441. The van der Waals surface area contributed by atoms with Crippen molar-refractivity contribution < 1.29 is 13.9 Å². The Kier molecular flexibility index (Phi) is 5.14. The van der Waals surface area contributed by atoms with Crippen LogP contribution < -0.4 is 5.32 Å². The van der Waals surface area contributed by atoms with Gasteiger partial charge in [-0.1, -0.05) is 24.1 Å². The van der Waals surface area contributed by atoms with Crippen LogP contribution in [0.4, 0.5) is 4.39 Å². The maximum atomic E-state index is 14.0. The second kappa shape index (κ2) is 7.07. The number of terminal acetylenes is 1. The van der Waals surface area contributed by atoms with Crippen molar-refractivity contribution in [2.75, 3.05) is 7.11 Å². The molecule has 0 bridgehead atoms. The number of nitrogens with one attached hydrogen (secondary N) is 1. The Balaban J connectivity index is 2.11. The molecule has 23 heavy (non-hydrogen) atoms. The van der Waals surface area contributed by atoms with E-state index in [1.807, 2.05) is 0 Å². The number of aromatic nitrogens is 2. The highest BCUT2D eigenvalue weighted by Gasteiger charge is 2.37. The van der Waals surface area contributed by atoms with Crippen LogP contribution in [0.1, 0.15) is 18.1 Å². The van der Waals surface area contributed by atoms with Crippen LogP contribution in [0.15, 0.2) is 36.7 Å². The maximum absolute atomic E-state index is 14.0. The molecular weight excluding hydrogens is 297 g/mol. The predicted octanol–water partition coefficient (Wildman–Crippen LogP) is 1.83. The second-order valence-electron chi connectivity index (χ2n) is 5.15. The number of rotatable bonds is 6. The maximum Gasteiger partial charge on any atom is 0.256 e. The first kappa shape index (κ1) is 16.7. The van der Waals surface area contributed by atoms with Crippen molar-refractivity contribution in [1.29, 1.82) is 0 Å². The highest BCUT2D eigenvalue weighted by molar-refractivity contribution is 5.86. The number of carbonyl (C=O) groups is 1. The topological polar surface area (TPSA) is 56.2 Å². The van der Waals surface area contributed by atoms with E-state index in [2.05, 4.69) is 16.3 Å². The van der Waals surface area contributed by atoms with Gasteiger partial charge in [0.1, 0.15) is 12.4 Å². The van der Waals surface area contributed by atoms with Gasteiger partial charge in [-0.25, -0.2) is 4.39 Å². The van der Waals surface area contributed by atoms with Crippen LogP contribution in [0.5, 0.6) is 0 Å². The molecule has 1 N–H and O–H groups in total. The summed E-state index contributed by atoms with van der Waals surface area (Å²) in [4.78, 5) is 12.5. The van der Waals surface area contributed by atoms with Crippen LogP contribution in [-0.2, 0) is 28.2 Å². The fraction of sp³-hybridized carbons (Fsp3) is 0.294. The zero-order valence-corrected chi connectivity index (χ0v) is 13.0. The van der Waals surface area contributed by atoms with Gasteiger partial charge >= 0.3 is 0 Å². The molecule has 0 spiro atoms. The molecule has 1 aromatic carbocycles. The Labute approximate surface area is 134 Å². The lowest BCUT2D eigenvalue weighted by atomic mass is 9.94. The predicted molar refractivity (Wildman–Crippen MR) is 83.7 cm³/mol. The number of halogens is 1. The Hall–Kier alpha value is -2.65. The summed E-state index contributed by atoms with van der Waals surface area (Å²) in [5.74, 6) is 1.55. The molecule has 0 aliphatic rings. The lowest BCUT2D eigenvalue weighted by Gasteiger charge is -2.27. The highest BCUT2D eigenvalue weighted by Crippen LogP contribution is 2.27. The zero-order valence-electron chi connectivity index (χ0n) is 13.0. The first-order chi connectivity index (χ1) is 11.0. The molecule has 1 amide bonds. The van der Waals surface area contributed by atoms with Gasteiger partial charge in [0.15, 0.2) is 5.60 Å². The van der Waals surface area contributed by atoms with Gasteiger partial charge in [0.2, 0.25) is 0 Å².